The van der Waals surface area contributed by atoms with Crippen molar-refractivity contribution in [2.75, 3.05) is 11.9 Å². The number of thiophene rings is 1. The van der Waals surface area contributed by atoms with Gasteiger partial charge in [0.05, 0.1) is 0 Å². The number of aromatic nitrogens is 3. The fourth-order valence-corrected chi connectivity index (χ4v) is 2.53. The van der Waals surface area contributed by atoms with Gasteiger partial charge in [0, 0.05) is 20.1 Å². The molecule has 0 radical (unpaired) electrons. The monoisotopic (exact) mass is 254 g/mol. The summed E-state index contributed by atoms with van der Waals surface area (Å²) in [5, 5.41) is 11.3. The van der Waals surface area contributed by atoms with Gasteiger partial charge in [-0.1, -0.05) is 0 Å². The molecule has 0 aliphatic carbocycles. The lowest BCUT2D eigenvalue weighted by Gasteiger charge is -2.17. The highest BCUT2D eigenvalue weighted by atomic mass is 32.1. The fraction of sp³-hybridized carbons (Fsp3) is 0.400. The molecule has 0 bridgehead atoms. The lowest BCUT2D eigenvalue weighted by atomic mass is 10.3. The van der Waals surface area contributed by atoms with Gasteiger partial charge in [0.15, 0.2) is 4.77 Å². The molecule has 86 valence electrons. The predicted molar refractivity (Wildman–Crippen MR) is 69.5 cm³/mol. The number of H-pyrrole nitrogens is 1. The zero-order valence-corrected chi connectivity index (χ0v) is 10.9. The van der Waals surface area contributed by atoms with Crippen LogP contribution in [-0.4, -0.2) is 21.8 Å². The van der Waals surface area contributed by atoms with Crippen LogP contribution in [0.3, 0.4) is 0 Å². The minimum absolute atomic E-state index is 0.676. The average molecular weight is 254 g/mol. The number of nitrogens with one attached hydrogen (secondary N) is 1. The Morgan fingerprint density at radius 1 is 1.62 bits per heavy atom. The molecular weight excluding hydrogens is 240 g/mol. The molecule has 0 unspecified atom stereocenters. The third-order valence-corrected chi connectivity index (χ3v) is 3.44. The van der Waals surface area contributed by atoms with E-state index in [0.29, 0.717) is 4.77 Å². The molecule has 2 aromatic rings. The second-order valence-corrected chi connectivity index (χ2v) is 4.73. The summed E-state index contributed by atoms with van der Waals surface area (Å²) >= 11 is 6.87. The minimum atomic E-state index is 0.676. The van der Waals surface area contributed by atoms with Gasteiger partial charge < -0.3 is 4.90 Å². The molecule has 0 spiro atoms. The van der Waals surface area contributed by atoms with E-state index in [4.69, 9.17) is 12.2 Å². The molecule has 16 heavy (non-hydrogen) atoms. The Hall–Kier alpha value is -1.14. The molecule has 0 aromatic carbocycles. The van der Waals surface area contributed by atoms with E-state index in [2.05, 4.69) is 38.8 Å². The van der Waals surface area contributed by atoms with Gasteiger partial charge in [-0.2, -0.15) is 11.3 Å². The summed E-state index contributed by atoms with van der Waals surface area (Å²) in [6, 6.07) is 2.12. The SMILES string of the molecule is CCn1c(N(C)Cc2ccsc2)n[nH]c1=S. The molecule has 6 heteroatoms. The van der Waals surface area contributed by atoms with Crippen molar-refractivity contribution in [2.45, 2.75) is 20.0 Å². The number of anilines is 1. The topological polar surface area (TPSA) is 36.9 Å². The van der Waals surface area contributed by atoms with Gasteiger partial charge >= 0.3 is 0 Å². The zero-order valence-electron chi connectivity index (χ0n) is 9.30. The molecular formula is C10H14N4S2. The van der Waals surface area contributed by atoms with Crippen molar-refractivity contribution in [1.82, 2.24) is 14.8 Å². The Bertz CT molecular complexity index is 497. The lowest BCUT2D eigenvalue weighted by molar-refractivity contribution is 0.717. The number of rotatable bonds is 4. The van der Waals surface area contributed by atoms with Crippen molar-refractivity contribution < 1.29 is 0 Å². The highest BCUT2D eigenvalue weighted by Crippen LogP contribution is 2.14. The molecule has 0 amide bonds. The van der Waals surface area contributed by atoms with E-state index in [1.165, 1.54) is 5.56 Å². The molecule has 2 rings (SSSR count). The van der Waals surface area contributed by atoms with Crippen molar-refractivity contribution in [3.8, 4) is 0 Å². The highest BCUT2D eigenvalue weighted by Gasteiger charge is 2.10. The van der Waals surface area contributed by atoms with Crippen LogP contribution in [0.5, 0.6) is 0 Å². The Morgan fingerprint density at radius 2 is 2.44 bits per heavy atom. The van der Waals surface area contributed by atoms with Gasteiger partial charge in [-0.25, -0.2) is 5.10 Å². The van der Waals surface area contributed by atoms with Crippen LogP contribution in [0, 0.1) is 4.77 Å². The normalized spacial score (nSPS) is 10.6. The van der Waals surface area contributed by atoms with Crippen molar-refractivity contribution in [1.29, 1.82) is 0 Å². The van der Waals surface area contributed by atoms with Gasteiger partial charge in [-0.15, -0.1) is 5.10 Å². The number of hydrogen-bond acceptors (Lipinski definition) is 4. The molecule has 0 atom stereocenters. The Labute approximate surface area is 104 Å². The summed E-state index contributed by atoms with van der Waals surface area (Å²) in [5.41, 5.74) is 1.30. The van der Waals surface area contributed by atoms with Crippen LogP contribution >= 0.6 is 23.6 Å². The maximum absolute atomic E-state index is 5.16. The van der Waals surface area contributed by atoms with Gasteiger partial charge in [0.2, 0.25) is 5.95 Å². The third kappa shape index (κ3) is 2.17. The molecule has 1 N–H and O–H groups in total. The maximum Gasteiger partial charge on any atom is 0.225 e. The predicted octanol–water partition coefficient (Wildman–Crippen LogP) is 2.66. The molecule has 0 saturated carbocycles. The quantitative estimate of drug-likeness (QED) is 0.852. The van der Waals surface area contributed by atoms with Crippen LogP contribution in [0.15, 0.2) is 16.8 Å². The van der Waals surface area contributed by atoms with E-state index in [1.807, 2.05) is 11.6 Å². The van der Waals surface area contributed by atoms with E-state index in [0.717, 1.165) is 19.0 Å². The molecule has 0 saturated heterocycles. The molecule has 0 fully saturated rings. The summed E-state index contributed by atoms with van der Waals surface area (Å²) in [6.45, 7) is 3.75. The summed E-state index contributed by atoms with van der Waals surface area (Å²) in [4.78, 5) is 2.10. The van der Waals surface area contributed by atoms with E-state index in [9.17, 15) is 0 Å². The second kappa shape index (κ2) is 4.80. The van der Waals surface area contributed by atoms with E-state index in [-0.39, 0.29) is 0 Å². The summed E-state index contributed by atoms with van der Waals surface area (Å²) in [7, 11) is 2.02. The average Bonchev–Trinajstić information content (AvgIpc) is 2.87. The number of hydrogen-bond donors (Lipinski definition) is 1. The Morgan fingerprint density at radius 3 is 3.06 bits per heavy atom. The largest absolute Gasteiger partial charge is 0.340 e. The number of nitrogens with zero attached hydrogens (tertiary/aromatic N) is 3. The van der Waals surface area contributed by atoms with Crippen molar-refractivity contribution in [3.05, 3.63) is 27.2 Å². The molecule has 2 aromatic heterocycles. The standard InChI is InChI=1S/C10H14N4S2/c1-3-14-9(11-12-10(14)15)13(2)6-8-4-5-16-7-8/h4-5,7H,3,6H2,1-2H3,(H,12,15). The van der Waals surface area contributed by atoms with Crippen LogP contribution in [0.4, 0.5) is 5.95 Å². The fourth-order valence-electron chi connectivity index (χ4n) is 1.61. The Balaban J connectivity index is 2.20. The van der Waals surface area contributed by atoms with Crippen molar-refractivity contribution in [2.24, 2.45) is 0 Å². The van der Waals surface area contributed by atoms with Crippen molar-refractivity contribution >= 4 is 29.5 Å². The van der Waals surface area contributed by atoms with E-state index in [1.54, 1.807) is 11.3 Å². The second-order valence-electron chi connectivity index (χ2n) is 3.56. The smallest absolute Gasteiger partial charge is 0.225 e. The van der Waals surface area contributed by atoms with E-state index < -0.39 is 0 Å². The first-order chi connectivity index (χ1) is 7.72. The minimum Gasteiger partial charge on any atom is -0.340 e. The van der Waals surface area contributed by atoms with Crippen LogP contribution in [0.2, 0.25) is 0 Å². The first-order valence-electron chi connectivity index (χ1n) is 5.09. The molecule has 0 aliphatic heterocycles. The van der Waals surface area contributed by atoms with Crippen LogP contribution < -0.4 is 4.90 Å². The Kier molecular flexibility index (Phi) is 3.40. The third-order valence-electron chi connectivity index (χ3n) is 2.40. The van der Waals surface area contributed by atoms with E-state index >= 15 is 0 Å². The lowest BCUT2D eigenvalue weighted by Crippen LogP contribution is -2.20. The van der Waals surface area contributed by atoms with Crippen molar-refractivity contribution in [3.63, 3.8) is 0 Å². The number of aromatic amines is 1. The maximum atomic E-state index is 5.16. The molecule has 2 heterocycles. The van der Waals surface area contributed by atoms with Crippen LogP contribution in [-0.2, 0) is 13.1 Å². The summed E-state index contributed by atoms with van der Waals surface area (Å²) in [6.07, 6.45) is 0. The first-order valence-corrected chi connectivity index (χ1v) is 6.45. The van der Waals surface area contributed by atoms with Crippen LogP contribution in [0.1, 0.15) is 12.5 Å². The van der Waals surface area contributed by atoms with Gasteiger partial charge in [0.25, 0.3) is 0 Å². The zero-order chi connectivity index (χ0) is 11.5. The van der Waals surface area contributed by atoms with Gasteiger partial charge in [-0.3, -0.25) is 4.57 Å². The summed E-state index contributed by atoms with van der Waals surface area (Å²) < 4.78 is 2.66. The molecule has 4 nitrogen and oxygen atoms in total. The molecule has 0 aliphatic rings. The van der Waals surface area contributed by atoms with Gasteiger partial charge in [0.1, 0.15) is 0 Å². The highest BCUT2D eigenvalue weighted by molar-refractivity contribution is 7.71. The summed E-state index contributed by atoms with van der Waals surface area (Å²) in [5.74, 6) is 0.888. The first kappa shape index (κ1) is 11.3. The van der Waals surface area contributed by atoms with Gasteiger partial charge in [-0.05, 0) is 41.5 Å². The van der Waals surface area contributed by atoms with Crippen LogP contribution in [0.25, 0.3) is 0 Å².